The third kappa shape index (κ3) is 2.93. The Kier molecular flexibility index (Phi) is 3.56. The topological polar surface area (TPSA) is 39.4 Å². The first kappa shape index (κ1) is 10.4. The van der Waals surface area contributed by atoms with Crippen LogP contribution < -0.4 is 0 Å². The minimum Gasteiger partial charge on any atom is -0.472 e. The van der Waals surface area contributed by atoms with Crippen LogP contribution in [0.15, 0.2) is 23.0 Å². The molecule has 0 radical (unpaired) electrons. The van der Waals surface area contributed by atoms with Crippen molar-refractivity contribution in [3.63, 3.8) is 0 Å². The van der Waals surface area contributed by atoms with E-state index in [1.165, 1.54) is 18.9 Å². The van der Waals surface area contributed by atoms with Crippen LogP contribution >= 0.6 is 0 Å². The van der Waals surface area contributed by atoms with Crippen molar-refractivity contribution in [3.05, 3.63) is 24.2 Å². The first-order valence-electron chi connectivity index (χ1n) is 5.53. The molecule has 1 aromatic rings. The lowest BCUT2D eigenvalue weighted by Crippen LogP contribution is -2.06. The smallest absolute Gasteiger partial charge is 0.166 e. The first-order valence-corrected chi connectivity index (χ1v) is 5.53. The van der Waals surface area contributed by atoms with Gasteiger partial charge in [-0.25, -0.2) is 0 Å². The number of ether oxygens (including phenoxy) is 1. The van der Waals surface area contributed by atoms with Crippen molar-refractivity contribution in [2.24, 2.45) is 0 Å². The van der Waals surface area contributed by atoms with Gasteiger partial charge in [-0.1, -0.05) is 0 Å². The number of Topliss-reactive ketones (excluding diaryl/α,β-unsaturated/α-hetero) is 1. The summed E-state index contributed by atoms with van der Waals surface area (Å²) in [5.41, 5.74) is 0.683. The maximum absolute atomic E-state index is 11.6. The molecule has 0 saturated carbocycles. The fourth-order valence-corrected chi connectivity index (χ4v) is 1.93. The van der Waals surface area contributed by atoms with Gasteiger partial charge in [-0.2, -0.15) is 0 Å². The molecule has 2 rings (SSSR count). The van der Waals surface area contributed by atoms with E-state index >= 15 is 0 Å². The Morgan fingerprint density at radius 2 is 2.47 bits per heavy atom. The van der Waals surface area contributed by atoms with Crippen molar-refractivity contribution in [2.45, 2.75) is 38.2 Å². The number of carbonyl (C=O) groups excluding carboxylic acids is 1. The van der Waals surface area contributed by atoms with Gasteiger partial charge in [-0.3, -0.25) is 4.79 Å². The maximum atomic E-state index is 11.6. The van der Waals surface area contributed by atoms with E-state index in [1.54, 1.807) is 6.07 Å². The van der Waals surface area contributed by atoms with Crippen LogP contribution in [0.1, 0.15) is 42.5 Å². The van der Waals surface area contributed by atoms with E-state index in [1.807, 2.05) is 0 Å². The van der Waals surface area contributed by atoms with E-state index in [0.717, 1.165) is 25.9 Å². The molecule has 3 heteroatoms. The molecular formula is C12H16O3. The highest BCUT2D eigenvalue weighted by Crippen LogP contribution is 2.18. The van der Waals surface area contributed by atoms with Crippen LogP contribution in [0, 0.1) is 0 Å². The zero-order valence-electron chi connectivity index (χ0n) is 8.78. The first-order chi connectivity index (χ1) is 7.36. The fraction of sp³-hybridized carbons (Fsp3) is 0.583. The van der Waals surface area contributed by atoms with Crippen molar-refractivity contribution >= 4 is 5.78 Å². The third-order valence-electron chi connectivity index (χ3n) is 2.80. The molecule has 0 spiro atoms. The van der Waals surface area contributed by atoms with E-state index in [2.05, 4.69) is 0 Å². The van der Waals surface area contributed by atoms with Gasteiger partial charge in [0.15, 0.2) is 5.78 Å². The highest BCUT2D eigenvalue weighted by molar-refractivity contribution is 5.95. The SMILES string of the molecule is O=C(CCCC1CCCO1)c1ccoc1. The van der Waals surface area contributed by atoms with Crippen molar-refractivity contribution in [3.8, 4) is 0 Å². The van der Waals surface area contributed by atoms with Gasteiger partial charge in [0, 0.05) is 13.0 Å². The quantitative estimate of drug-likeness (QED) is 0.698. The molecule has 1 aliphatic heterocycles. The molecule has 1 aromatic heterocycles. The number of furan rings is 1. The molecule has 1 aliphatic rings. The highest BCUT2D eigenvalue weighted by atomic mass is 16.5. The van der Waals surface area contributed by atoms with E-state index < -0.39 is 0 Å². The largest absolute Gasteiger partial charge is 0.472 e. The number of carbonyl (C=O) groups is 1. The second-order valence-corrected chi connectivity index (χ2v) is 3.96. The Morgan fingerprint density at radius 1 is 1.53 bits per heavy atom. The maximum Gasteiger partial charge on any atom is 0.166 e. The van der Waals surface area contributed by atoms with Gasteiger partial charge in [0.2, 0.25) is 0 Å². The van der Waals surface area contributed by atoms with Crippen molar-refractivity contribution in [1.82, 2.24) is 0 Å². The van der Waals surface area contributed by atoms with Crippen LogP contribution in [0.25, 0.3) is 0 Å². The van der Waals surface area contributed by atoms with Gasteiger partial charge in [0.1, 0.15) is 6.26 Å². The average Bonchev–Trinajstić information content (AvgIpc) is 2.90. The van der Waals surface area contributed by atoms with Gasteiger partial charge < -0.3 is 9.15 Å². The number of hydrogen-bond donors (Lipinski definition) is 0. The third-order valence-corrected chi connectivity index (χ3v) is 2.80. The van der Waals surface area contributed by atoms with Crippen LogP contribution in [0.3, 0.4) is 0 Å². The van der Waals surface area contributed by atoms with Gasteiger partial charge in [-0.15, -0.1) is 0 Å². The molecule has 0 N–H and O–H groups in total. The molecule has 0 bridgehead atoms. The van der Waals surface area contributed by atoms with Crippen LogP contribution in [0.2, 0.25) is 0 Å². The summed E-state index contributed by atoms with van der Waals surface area (Å²) in [6, 6.07) is 1.72. The normalized spacial score (nSPS) is 20.7. The number of rotatable bonds is 5. The van der Waals surface area contributed by atoms with E-state index in [4.69, 9.17) is 9.15 Å². The second-order valence-electron chi connectivity index (χ2n) is 3.96. The van der Waals surface area contributed by atoms with Crippen LogP contribution in [0.5, 0.6) is 0 Å². The Hall–Kier alpha value is -1.09. The zero-order valence-corrected chi connectivity index (χ0v) is 8.78. The van der Waals surface area contributed by atoms with Gasteiger partial charge in [0.25, 0.3) is 0 Å². The lowest BCUT2D eigenvalue weighted by Gasteiger charge is -2.07. The van der Waals surface area contributed by atoms with Crippen LogP contribution in [0.4, 0.5) is 0 Å². The Balaban J connectivity index is 1.67. The second kappa shape index (κ2) is 5.12. The molecule has 1 atom stereocenters. The van der Waals surface area contributed by atoms with Gasteiger partial charge in [0.05, 0.1) is 17.9 Å². The number of ketones is 1. The van der Waals surface area contributed by atoms with Crippen molar-refractivity contribution in [1.29, 1.82) is 0 Å². The van der Waals surface area contributed by atoms with Crippen LogP contribution in [-0.2, 0) is 4.74 Å². The average molecular weight is 208 g/mol. The Morgan fingerprint density at radius 3 is 3.13 bits per heavy atom. The van der Waals surface area contributed by atoms with Crippen LogP contribution in [-0.4, -0.2) is 18.5 Å². The van der Waals surface area contributed by atoms with E-state index in [-0.39, 0.29) is 5.78 Å². The predicted octanol–water partition coefficient (Wildman–Crippen LogP) is 2.81. The molecule has 0 aromatic carbocycles. The van der Waals surface area contributed by atoms with E-state index in [0.29, 0.717) is 18.1 Å². The predicted molar refractivity (Wildman–Crippen MR) is 55.9 cm³/mol. The molecule has 2 heterocycles. The highest BCUT2D eigenvalue weighted by Gasteiger charge is 2.15. The summed E-state index contributed by atoms with van der Waals surface area (Å²) in [5.74, 6) is 0.168. The molecule has 0 amide bonds. The summed E-state index contributed by atoms with van der Waals surface area (Å²) < 4.78 is 10.4. The minimum atomic E-state index is 0.168. The van der Waals surface area contributed by atoms with Gasteiger partial charge in [-0.05, 0) is 31.7 Å². The minimum absolute atomic E-state index is 0.168. The van der Waals surface area contributed by atoms with E-state index in [9.17, 15) is 4.79 Å². The summed E-state index contributed by atoms with van der Waals surface area (Å²) in [6.45, 7) is 0.889. The molecule has 3 nitrogen and oxygen atoms in total. The molecule has 1 fully saturated rings. The summed E-state index contributed by atoms with van der Waals surface area (Å²) in [6.07, 6.45) is 8.27. The molecule has 82 valence electrons. The zero-order chi connectivity index (χ0) is 10.5. The monoisotopic (exact) mass is 208 g/mol. The summed E-state index contributed by atoms with van der Waals surface area (Å²) in [4.78, 5) is 11.6. The molecule has 1 saturated heterocycles. The standard InChI is InChI=1S/C12H16O3/c13-12(10-6-8-14-9-10)5-1-3-11-4-2-7-15-11/h6,8-9,11H,1-5,7H2. The summed E-state index contributed by atoms with van der Waals surface area (Å²) in [5, 5.41) is 0. The number of hydrogen-bond acceptors (Lipinski definition) is 3. The fourth-order valence-electron chi connectivity index (χ4n) is 1.93. The molecule has 0 aliphatic carbocycles. The molecule has 1 unspecified atom stereocenters. The van der Waals surface area contributed by atoms with Gasteiger partial charge >= 0.3 is 0 Å². The molecule has 15 heavy (non-hydrogen) atoms. The Bertz CT molecular complexity index is 297. The van der Waals surface area contributed by atoms with Crippen molar-refractivity contribution in [2.75, 3.05) is 6.61 Å². The lowest BCUT2D eigenvalue weighted by molar-refractivity contribution is 0.0922. The summed E-state index contributed by atoms with van der Waals surface area (Å²) >= 11 is 0. The molecular weight excluding hydrogens is 192 g/mol. The Labute approximate surface area is 89.4 Å². The summed E-state index contributed by atoms with van der Waals surface area (Å²) in [7, 11) is 0. The lowest BCUT2D eigenvalue weighted by atomic mass is 10.1. The van der Waals surface area contributed by atoms with Crippen molar-refractivity contribution < 1.29 is 13.9 Å².